The first-order valence-corrected chi connectivity index (χ1v) is 5.73. The molecule has 0 fully saturated rings. The molecule has 1 aromatic rings. The van der Waals surface area contributed by atoms with Gasteiger partial charge in [0.25, 0.3) is 5.91 Å². The van der Waals surface area contributed by atoms with E-state index in [0.717, 1.165) is 10.0 Å². The summed E-state index contributed by atoms with van der Waals surface area (Å²) in [6.45, 7) is 1.80. The second-order valence-corrected chi connectivity index (χ2v) is 4.60. The Balaban J connectivity index is 2.84. The van der Waals surface area contributed by atoms with E-state index in [9.17, 15) is 4.79 Å². The third-order valence-electron chi connectivity index (χ3n) is 1.93. The molecule has 0 bridgehead atoms. The van der Waals surface area contributed by atoms with Gasteiger partial charge >= 0.3 is 0 Å². The van der Waals surface area contributed by atoms with Crippen LogP contribution in [0.3, 0.4) is 0 Å². The Morgan fingerprint density at radius 1 is 1.56 bits per heavy atom. The highest BCUT2D eigenvalue weighted by molar-refractivity contribution is 9.10. The number of carbonyl (C=O) groups excluding carboxylic acids is 1. The molecule has 1 rings (SSSR count). The molecule has 0 aromatic heterocycles. The zero-order valence-corrected chi connectivity index (χ0v) is 10.7. The summed E-state index contributed by atoms with van der Waals surface area (Å²) in [5.41, 5.74) is 11.7. The van der Waals surface area contributed by atoms with Crippen molar-refractivity contribution >= 4 is 21.8 Å². The summed E-state index contributed by atoms with van der Waals surface area (Å²) in [6.07, 6.45) is 0.688. The molecule has 0 heterocycles. The van der Waals surface area contributed by atoms with Crippen molar-refractivity contribution in [2.45, 2.75) is 19.4 Å². The molecule has 0 spiro atoms. The van der Waals surface area contributed by atoms with Gasteiger partial charge in [-0.05, 0) is 37.1 Å². The predicted octanol–water partition coefficient (Wildman–Crippen LogP) is 1.20. The average Bonchev–Trinajstić information content (AvgIpc) is 2.15. The smallest absolute Gasteiger partial charge is 0.255 e. The molecule has 1 aromatic carbocycles. The highest BCUT2D eigenvalue weighted by atomic mass is 79.9. The molecule has 88 valence electrons. The van der Waals surface area contributed by atoms with Crippen molar-refractivity contribution in [3.8, 4) is 5.75 Å². The van der Waals surface area contributed by atoms with E-state index >= 15 is 0 Å². The number of primary amides is 1. The van der Waals surface area contributed by atoms with Gasteiger partial charge in [0.2, 0.25) is 0 Å². The van der Waals surface area contributed by atoms with Gasteiger partial charge in [-0.25, -0.2) is 0 Å². The fraction of sp³-hybridized carbons (Fsp3) is 0.364. The molecule has 0 saturated heterocycles. The van der Waals surface area contributed by atoms with Crippen molar-refractivity contribution in [3.63, 3.8) is 0 Å². The number of hydrogen-bond acceptors (Lipinski definition) is 3. The summed E-state index contributed by atoms with van der Waals surface area (Å²) < 4.78 is 6.26. The number of benzene rings is 1. The van der Waals surface area contributed by atoms with Crippen LogP contribution < -0.4 is 16.2 Å². The van der Waals surface area contributed by atoms with E-state index in [-0.39, 0.29) is 12.6 Å². The number of carbonyl (C=O) groups is 1. The molecule has 1 amide bonds. The fourth-order valence-electron chi connectivity index (χ4n) is 1.34. The lowest BCUT2D eigenvalue weighted by Crippen LogP contribution is -2.22. The van der Waals surface area contributed by atoms with Crippen molar-refractivity contribution in [3.05, 3.63) is 28.2 Å². The van der Waals surface area contributed by atoms with Crippen molar-refractivity contribution < 1.29 is 9.53 Å². The normalized spacial score (nSPS) is 12.2. The molecule has 16 heavy (non-hydrogen) atoms. The van der Waals surface area contributed by atoms with Gasteiger partial charge < -0.3 is 16.2 Å². The highest BCUT2D eigenvalue weighted by Crippen LogP contribution is 2.24. The van der Waals surface area contributed by atoms with Crippen LogP contribution in [0.25, 0.3) is 0 Å². The lowest BCUT2D eigenvalue weighted by atomic mass is 10.1. The summed E-state index contributed by atoms with van der Waals surface area (Å²) in [5, 5.41) is 0. The van der Waals surface area contributed by atoms with Crippen LogP contribution in [0.1, 0.15) is 12.5 Å². The van der Waals surface area contributed by atoms with Gasteiger partial charge in [-0.1, -0.05) is 15.9 Å². The topological polar surface area (TPSA) is 78.3 Å². The van der Waals surface area contributed by atoms with Crippen LogP contribution in [0.15, 0.2) is 22.7 Å². The maximum Gasteiger partial charge on any atom is 0.255 e. The summed E-state index contributed by atoms with van der Waals surface area (Å²) >= 11 is 3.38. The first-order chi connectivity index (χ1) is 7.49. The van der Waals surface area contributed by atoms with E-state index in [1.165, 1.54) is 0 Å². The van der Waals surface area contributed by atoms with Gasteiger partial charge in [0.05, 0.1) is 0 Å². The lowest BCUT2D eigenvalue weighted by Gasteiger charge is -2.12. The third-order valence-corrected chi connectivity index (χ3v) is 2.43. The number of hydrogen-bond donors (Lipinski definition) is 2. The number of ether oxygens (including phenoxy) is 1. The minimum atomic E-state index is -0.491. The lowest BCUT2D eigenvalue weighted by molar-refractivity contribution is -0.119. The predicted molar refractivity (Wildman–Crippen MR) is 66.2 cm³/mol. The van der Waals surface area contributed by atoms with Gasteiger partial charge in [0.15, 0.2) is 6.61 Å². The van der Waals surface area contributed by atoms with E-state index in [1.807, 2.05) is 19.1 Å². The highest BCUT2D eigenvalue weighted by Gasteiger charge is 2.08. The molecule has 4 N–H and O–H groups in total. The van der Waals surface area contributed by atoms with E-state index in [0.29, 0.717) is 12.2 Å². The zero-order chi connectivity index (χ0) is 12.1. The van der Waals surface area contributed by atoms with Crippen molar-refractivity contribution in [2.75, 3.05) is 6.61 Å². The van der Waals surface area contributed by atoms with Gasteiger partial charge in [0, 0.05) is 10.5 Å². The molecule has 0 aliphatic rings. The van der Waals surface area contributed by atoms with Crippen molar-refractivity contribution in [1.82, 2.24) is 0 Å². The van der Waals surface area contributed by atoms with Gasteiger partial charge in [-0.2, -0.15) is 0 Å². The number of rotatable bonds is 5. The maximum atomic E-state index is 10.6. The average molecular weight is 287 g/mol. The monoisotopic (exact) mass is 286 g/mol. The summed E-state index contributed by atoms with van der Waals surface area (Å²) in [4.78, 5) is 10.6. The summed E-state index contributed by atoms with van der Waals surface area (Å²) in [7, 11) is 0. The van der Waals surface area contributed by atoms with Crippen LogP contribution in [0.2, 0.25) is 0 Å². The third kappa shape index (κ3) is 4.20. The second-order valence-electron chi connectivity index (χ2n) is 3.69. The van der Waals surface area contributed by atoms with Gasteiger partial charge in [0.1, 0.15) is 5.75 Å². The SMILES string of the molecule is CC(N)Cc1cc(Br)ccc1OCC(N)=O. The minimum Gasteiger partial charge on any atom is -0.484 e. The van der Waals surface area contributed by atoms with Crippen LogP contribution in [-0.2, 0) is 11.2 Å². The molecule has 0 aliphatic heterocycles. The van der Waals surface area contributed by atoms with E-state index < -0.39 is 5.91 Å². The van der Waals surface area contributed by atoms with E-state index in [4.69, 9.17) is 16.2 Å². The Morgan fingerprint density at radius 2 is 2.25 bits per heavy atom. The Bertz CT molecular complexity index is 380. The molecule has 5 heteroatoms. The van der Waals surface area contributed by atoms with E-state index in [2.05, 4.69) is 15.9 Å². The van der Waals surface area contributed by atoms with E-state index in [1.54, 1.807) is 6.07 Å². The Hall–Kier alpha value is -1.07. The second kappa shape index (κ2) is 5.86. The summed E-state index contributed by atoms with van der Waals surface area (Å²) in [6, 6.07) is 5.61. The largest absolute Gasteiger partial charge is 0.484 e. The molecule has 1 atom stereocenters. The Morgan fingerprint density at radius 3 is 2.81 bits per heavy atom. The molecule has 1 unspecified atom stereocenters. The quantitative estimate of drug-likeness (QED) is 0.854. The molecule has 0 aliphatic carbocycles. The first kappa shape index (κ1) is 13.0. The molecule has 4 nitrogen and oxygen atoms in total. The van der Waals surface area contributed by atoms with Gasteiger partial charge in [-0.15, -0.1) is 0 Å². The van der Waals surface area contributed by atoms with Crippen LogP contribution in [0.5, 0.6) is 5.75 Å². The van der Waals surface area contributed by atoms with Crippen LogP contribution >= 0.6 is 15.9 Å². The first-order valence-electron chi connectivity index (χ1n) is 4.94. The van der Waals surface area contributed by atoms with Crippen LogP contribution in [-0.4, -0.2) is 18.6 Å². The van der Waals surface area contributed by atoms with Crippen molar-refractivity contribution in [1.29, 1.82) is 0 Å². The number of amides is 1. The number of nitrogens with two attached hydrogens (primary N) is 2. The standard InChI is InChI=1S/C11H15BrN2O2/c1-7(13)4-8-5-9(12)2-3-10(8)16-6-11(14)15/h2-3,5,7H,4,6,13H2,1H3,(H2,14,15). The summed E-state index contributed by atoms with van der Waals surface area (Å²) in [5.74, 6) is 0.161. The minimum absolute atomic E-state index is 0.0326. The van der Waals surface area contributed by atoms with Crippen LogP contribution in [0, 0.1) is 0 Å². The number of halogens is 1. The van der Waals surface area contributed by atoms with Crippen molar-refractivity contribution in [2.24, 2.45) is 11.5 Å². The molecular formula is C11H15BrN2O2. The van der Waals surface area contributed by atoms with Crippen LogP contribution in [0.4, 0.5) is 0 Å². The van der Waals surface area contributed by atoms with Gasteiger partial charge in [-0.3, -0.25) is 4.79 Å². The fourth-order valence-corrected chi connectivity index (χ4v) is 1.75. The zero-order valence-electron chi connectivity index (χ0n) is 9.07. The Kier molecular flexibility index (Phi) is 4.76. The molecule has 0 saturated carbocycles. The maximum absolute atomic E-state index is 10.6. The molecule has 0 radical (unpaired) electrons. The molecular weight excluding hydrogens is 272 g/mol. The Labute approximate surface area is 103 Å².